The van der Waals surface area contributed by atoms with Gasteiger partial charge in [0, 0.05) is 13.1 Å². The Balaban J connectivity index is 3.07. The topological polar surface area (TPSA) is 3.24 Å². The molecule has 0 radical (unpaired) electrons. The summed E-state index contributed by atoms with van der Waals surface area (Å²) in [6, 6.07) is 0. The van der Waals surface area contributed by atoms with Crippen LogP contribution in [-0.2, 0) is 0 Å². The molecule has 0 aliphatic heterocycles. The van der Waals surface area contributed by atoms with Gasteiger partial charge >= 0.3 is 0 Å². The summed E-state index contributed by atoms with van der Waals surface area (Å²) >= 11 is 5.86. The summed E-state index contributed by atoms with van der Waals surface area (Å²) < 4.78 is 2.27. The normalized spacial score (nSPS) is 10.5. The van der Waals surface area contributed by atoms with Crippen molar-refractivity contribution in [3.8, 4) is 0 Å². The second-order valence-electron chi connectivity index (χ2n) is 1.37. The molecule has 0 atom stereocenters. The third-order valence-electron chi connectivity index (χ3n) is 0.946. The van der Waals surface area contributed by atoms with Gasteiger partial charge in [0.05, 0.1) is 5.08 Å². The van der Waals surface area contributed by atoms with Crippen LogP contribution in [0.15, 0.2) is 0 Å². The van der Waals surface area contributed by atoms with E-state index in [1.165, 1.54) is 0 Å². The van der Waals surface area contributed by atoms with Crippen molar-refractivity contribution in [2.75, 3.05) is 18.2 Å². The molecule has 0 aliphatic rings. The first-order valence-corrected chi connectivity index (χ1v) is 4.41. The molecule has 0 aromatic rings. The molecule has 0 fully saturated rings. The van der Waals surface area contributed by atoms with Gasteiger partial charge < -0.3 is 0 Å². The molecule has 0 N–H and O–H groups in total. The molecule has 1 nitrogen and oxygen atoms in total. The third kappa shape index (κ3) is 3.64. The predicted molar refractivity (Wildman–Crippen MR) is 44.4 cm³/mol. The summed E-state index contributed by atoms with van der Waals surface area (Å²) in [5, 5.41) is 0.891. The standard InChI is InChI=1S/C5H13NS2/c1-3-6(4-2)8-5-7/h7H,3-5H2,1-2H3. The van der Waals surface area contributed by atoms with Crippen molar-refractivity contribution in [1.29, 1.82) is 0 Å². The second kappa shape index (κ2) is 5.79. The Morgan fingerprint density at radius 3 is 2.00 bits per heavy atom. The number of thiol groups is 1. The second-order valence-corrected chi connectivity index (χ2v) is 3.18. The Morgan fingerprint density at radius 1 is 1.38 bits per heavy atom. The van der Waals surface area contributed by atoms with Crippen LogP contribution in [0.4, 0.5) is 0 Å². The summed E-state index contributed by atoms with van der Waals surface area (Å²) in [4.78, 5) is 0. The Bertz CT molecular complexity index is 45.7. The molecule has 0 amide bonds. The predicted octanol–water partition coefficient (Wildman–Crippen LogP) is 1.86. The highest BCUT2D eigenvalue weighted by Crippen LogP contribution is 2.08. The fourth-order valence-corrected chi connectivity index (χ4v) is 1.51. The van der Waals surface area contributed by atoms with Gasteiger partial charge in [0.1, 0.15) is 0 Å². The molecule has 0 saturated carbocycles. The van der Waals surface area contributed by atoms with Gasteiger partial charge in [-0.1, -0.05) is 25.8 Å². The minimum atomic E-state index is 0.891. The maximum atomic E-state index is 4.09. The quantitative estimate of drug-likeness (QED) is 0.371. The molecule has 0 aromatic heterocycles. The smallest absolute Gasteiger partial charge is 0.0509 e. The van der Waals surface area contributed by atoms with E-state index in [1.807, 2.05) is 0 Å². The van der Waals surface area contributed by atoms with Crippen LogP contribution in [0.3, 0.4) is 0 Å². The third-order valence-corrected chi connectivity index (χ3v) is 2.29. The fourth-order valence-electron chi connectivity index (χ4n) is 0.488. The lowest BCUT2D eigenvalue weighted by Gasteiger charge is -2.13. The van der Waals surface area contributed by atoms with Crippen molar-refractivity contribution in [2.45, 2.75) is 13.8 Å². The zero-order valence-electron chi connectivity index (χ0n) is 5.42. The molecule has 0 bridgehead atoms. The van der Waals surface area contributed by atoms with Gasteiger partial charge in [-0.25, -0.2) is 0 Å². The van der Waals surface area contributed by atoms with E-state index in [9.17, 15) is 0 Å². The van der Waals surface area contributed by atoms with E-state index in [0.29, 0.717) is 0 Å². The van der Waals surface area contributed by atoms with Gasteiger partial charge in [0.25, 0.3) is 0 Å². The first-order chi connectivity index (χ1) is 3.85. The zero-order valence-corrected chi connectivity index (χ0v) is 7.13. The number of nitrogens with zero attached hydrogens (tertiary/aromatic N) is 1. The monoisotopic (exact) mass is 151 g/mol. The van der Waals surface area contributed by atoms with Crippen molar-refractivity contribution < 1.29 is 0 Å². The Morgan fingerprint density at radius 2 is 1.88 bits per heavy atom. The molecule has 0 aliphatic carbocycles. The summed E-state index contributed by atoms with van der Waals surface area (Å²) in [6.45, 7) is 6.53. The van der Waals surface area contributed by atoms with E-state index in [1.54, 1.807) is 11.9 Å². The highest BCUT2D eigenvalue weighted by molar-refractivity contribution is 8.07. The molecule has 50 valence electrons. The zero-order chi connectivity index (χ0) is 6.41. The van der Waals surface area contributed by atoms with Crippen LogP contribution in [0.1, 0.15) is 13.8 Å². The lowest BCUT2D eigenvalue weighted by atomic mass is 10.7. The van der Waals surface area contributed by atoms with Crippen LogP contribution in [0, 0.1) is 0 Å². The number of hydrogen-bond donors (Lipinski definition) is 1. The summed E-state index contributed by atoms with van der Waals surface area (Å²) in [5.74, 6) is 0. The average Bonchev–Trinajstić information content (AvgIpc) is 1.83. The van der Waals surface area contributed by atoms with E-state index in [2.05, 4.69) is 30.8 Å². The van der Waals surface area contributed by atoms with Crippen molar-refractivity contribution >= 4 is 24.6 Å². The first kappa shape index (κ1) is 8.66. The average molecular weight is 151 g/mol. The van der Waals surface area contributed by atoms with Crippen molar-refractivity contribution in [2.24, 2.45) is 0 Å². The summed E-state index contributed by atoms with van der Waals surface area (Å²) in [7, 11) is 0. The largest absolute Gasteiger partial charge is 0.250 e. The van der Waals surface area contributed by atoms with Crippen LogP contribution >= 0.6 is 24.6 Å². The van der Waals surface area contributed by atoms with E-state index in [0.717, 1.165) is 18.2 Å². The Kier molecular flexibility index (Phi) is 6.27. The lowest BCUT2D eigenvalue weighted by molar-refractivity contribution is 0.526. The van der Waals surface area contributed by atoms with Crippen molar-refractivity contribution in [1.82, 2.24) is 4.31 Å². The highest BCUT2D eigenvalue weighted by atomic mass is 32.2. The highest BCUT2D eigenvalue weighted by Gasteiger charge is 1.94. The van der Waals surface area contributed by atoms with Crippen LogP contribution in [0.2, 0.25) is 0 Å². The van der Waals surface area contributed by atoms with E-state index in [4.69, 9.17) is 0 Å². The molecule has 8 heavy (non-hydrogen) atoms. The van der Waals surface area contributed by atoms with Gasteiger partial charge in [0.2, 0.25) is 0 Å². The lowest BCUT2D eigenvalue weighted by Crippen LogP contribution is -2.13. The summed E-state index contributed by atoms with van der Waals surface area (Å²) in [6.07, 6.45) is 0. The van der Waals surface area contributed by atoms with E-state index < -0.39 is 0 Å². The fraction of sp³-hybridized carbons (Fsp3) is 1.00. The Hall–Kier alpha value is 0.660. The van der Waals surface area contributed by atoms with E-state index >= 15 is 0 Å². The molecule has 0 unspecified atom stereocenters. The van der Waals surface area contributed by atoms with Gasteiger partial charge in [-0.15, -0.1) is 0 Å². The van der Waals surface area contributed by atoms with Gasteiger partial charge in [-0.3, -0.25) is 4.31 Å². The molecule has 0 spiro atoms. The van der Waals surface area contributed by atoms with E-state index in [-0.39, 0.29) is 0 Å². The van der Waals surface area contributed by atoms with Crippen LogP contribution in [-0.4, -0.2) is 22.5 Å². The van der Waals surface area contributed by atoms with Crippen LogP contribution in [0.25, 0.3) is 0 Å². The number of rotatable bonds is 4. The summed E-state index contributed by atoms with van der Waals surface area (Å²) in [5.41, 5.74) is 0. The Labute approximate surface area is 61.4 Å². The molecule has 0 aromatic carbocycles. The van der Waals surface area contributed by atoms with Crippen molar-refractivity contribution in [3.63, 3.8) is 0 Å². The molecule has 0 saturated heterocycles. The molecular weight excluding hydrogens is 138 g/mol. The van der Waals surface area contributed by atoms with Crippen molar-refractivity contribution in [3.05, 3.63) is 0 Å². The molecular formula is C5H13NS2. The molecule has 3 heteroatoms. The number of hydrogen-bond acceptors (Lipinski definition) is 3. The van der Waals surface area contributed by atoms with Gasteiger partial charge in [-0.05, 0) is 0 Å². The van der Waals surface area contributed by atoms with Crippen LogP contribution in [0.5, 0.6) is 0 Å². The maximum Gasteiger partial charge on any atom is 0.0509 e. The van der Waals surface area contributed by atoms with Gasteiger partial charge in [0.15, 0.2) is 0 Å². The first-order valence-electron chi connectivity index (χ1n) is 2.83. The maximum absolute atomic E-state index is 4.09. The molecule has 0 rings (SSSR count). The van der Waals surface area contributed by atoms with Gasteiger partial charge in [-0.2, -0.15) is 12.6 Å². The molecule has 0 heterocycles. The minimum Gasteiger partial charge on any atom is -0.250 e. The minimum absolute atomic E-state index is 0.891. The SMILES string of the molecule is CCN(CC)SCS. The van der Waals surface area contributed by atoms with Crippen LogP contribution < -0.4 is 0 Å².